The lowest BCUT2D eigenvalue weighted by Crippen LogP contribution is -2.21. The van der Waals surface area contributed by atoms with Crippen LogP contribution in [-0.4, -0.2) is 26.3 Å². The zero-order valence-corrected chi connectivity index (χ0v) is 11.2. The summed E-state index contributed by atoms with van der Waals surface area (Å²) in [6.45, 7) is 0.277. The Hall–Kier alpha value is -3.14. The Labute approximate surface area is 119 Å². The Morgan fingerprint density at radius 2 is 2.29 bits per heavy atom. The van der Waals surface area contributed by atoms with Gasteiger partial charge in [0.15, 0.2) is 5.65 Å². The normalized spacial score (nSPS) is 10.5. The van der Waals surface area contributed by atoms with Gasteiger partial charge in [0, 0.05) is 12.4 Å². The minimum atomic E-state index is -0.248. The first-order valence-corrected chi connectivity index (χ1v) is 6.19. The van der Waals surface area contributed by atoms with Crippen molar-refractivity contribution in [2.24, 2.45) is 0 Å². The van der Waals surface area contributed by atoms with Crippen molar-refractivity contribution < 1.29 is 4.74 Å². The second kappa shape index (κ2) is 5.09. The van der Waals surface area contributed by atoms with E-state index in [2.05, 4.69) is 16.2 Å². The summed E-state index contributed by atoms with van der Waals surface area (Å²) in [5.74, 6) is 0.507. The summed E-state index contributed by atoms with van der Waals surface area (Å²) >= 11 is 0. The van der Waals surface area contributed by atoms with Crippen molar-refractivity contribution in [2.45, 2.75) is 6.54 Å². The summed E-state index contributed by atoms with van der Waals surface area (Å²) in [5, 5.41) is 13.3. The van der Waals surface area contributed by atoms with Crippen molar-refractivity contribution in [3.8, 4) is 11.8 Å². The zero-order valence-electron chi connectivity index (χ0n) is 11.2. The molecule has 0 unspecified atom stereocenters. The molecule has 1 aromatic carbocycles. The summed E-state index contributed by atoms with van der Waals surface area (Å²) in [4.78, 5) is 16.1. The Kier molecular flexibility index (Phi) is 3.12. The zero-order chi connectivity index (χ0) is 14.8. The van der Waals surface area contributed by atoms with Gasteiger partial charge >= 0.3 is 5.69 Å². The highest BCUT2D eigenvalue weighted by molar-refractivity contribution is 5.45. The number of fused-ring (bicyclic) bond motifs is 1. The minimum absolute atomic E-state index is 0.248. The number of ether oxygens (including phenoxy) is 1. The fraction of sp³-hybridized carbons (Fsp3) is 0.143. The van der Waals surface area contributed by atoms with E-state index in [-0.39, 0.29) is 12.2 Å². The van der Waals surface area contributed by atoms with Crippen LogP contribution in [0.4, 0.5) is 0 Å². The summed E-state index contributed by atoms with van der Waals surface area (Å²) in [6.07, 6.45) is 4.62. The molecule has 7 heteroatoms. The molecule has 2 aromatic heterocycles. The van der Waals surface area contributed by atoms with Crippen LogP contribution in [0.2, 0.25) is 0 Å². The van der Waals surface area contributed by atoms with Crippen molar-refractivity contribution >= 4 is 5.65 Å². The molecule has 0 aliphatic carbocycles. The molecule has 0 saturated carbocycles. The molecule has 0 aliphatic rings. The molecule has 0 fully saturated rings. The number of benzene rings is 1. The van der Waals surface area contributed by atoms with Crippen molar-refractivity contribution in [3.05, 3.63) is 58.4 Å². The first-order valence-electron chi connectivity index (χ1n) is 6.19. The van der Waals surface area contributed by atoms with E-state index in [4.69, 9.17) is 10.00 Å². The smallest absolute Gasteiger partial charge is 0.350 e. The van der Waals surface area contributed by atoms with E-state index >= 15 is 0 Å². The van der Waals surface area contributed by atoms with E-state index in [1.165, 1.54) is 28.6 Å². The van der Waals surface area contributed by atoms with E-state index in [0.29, 0.717) is 17.0 Å². The molecule has 104 valence electrons. The van der Waals surface area contributed by atoms with Gasteiger partial charge in [0.2, 0.25) is 0 Å². The second-order valence-electron chi connectivity index (χ2n) is 4.39. The van der Waals surface area contributed by atoms with E-state index in [0.717, 1.165) is 5.56 Å². The molecule has 7 nitrogen and oxygen atoms in total. The number of rotatable bonds is 3. The van der Waals surface area contributed by atoms with Crippen LogP contribution in [-0.2, 0) is 6.54 Å². The quantitative estimate of drug-likeness (QED) is 0.709. The lowest BCUT2D eigenvalue weighted by molar-refractivity contribution is 0.413. The summed E-state index contributed by atoms with van der Waals surface area (Å²) in [7, 11) is 1.51. The Balaban J connectivity index is 2.01. The van der Waals surface area contributed by atoms with Crippen LogP contribution in [0.15, 0.2) is 41.6 Å². The fourth-order valence-corrected chi connectivity index (χ4v) is 2.10. The molecule has 3 rings (SSSR count). The molecule has 0 radical (unpaired) electrons. The standard InChI is InChI=1S/C14H11N5O2/c1-21-12-3-2-10(6-11(12)7-15)9-19-14(20)18-5-4-16-8-13(18)17-19/h2-6,8H,9H2,1H3. The molecule has 0 aliphatic heterocycles. The van der Waals surface area contributed by atoms with Gasteiger partial charge in [0.05, 0.1) is 25.4 Å². The number of hydrogen-bond acceptors (Lipinski definition) is 5. The third-order valence-corrected chi connectivity index (χ3v) is 3.11. The minimum Gasteiger partial charge on any atom is -0.495 e. The predicted octanol–water partition coefficient (Wildman–Crippen LogP) is 0.820. The van der Waals surface area contributed by atoms with Crippen LogP contribution >= 0.6 is 0 Å². The molecule has 0 spiro atoms. The molecular weight excluding hydrogens is 270 g/mol. The van der Waals surface area contributed by atoms with Crippen LogP contribution in [0.1, 0.15) is 11.1 Å². The maximum Gasteiger partial charge on any atom is 0.350 e. The maximum atomic E-state index is 12.2. The van der Waals surface area contributed by atoms with E-state index in [1.807, 2.05) is 0 Å². The average molecular weight is 281 g/mol. The first kappa shape index (κ1) is 12.9. The summed E-state index contributed by atoms with van der Waals surface area (Å²) < 4.78 is 7.85. The molecule has 0 atom stereocenters. The van der Waals surface area contributed by atoms with Crippen molar-refractivity contribution in [2.75, 3.05) is 7.11 Å². The van der Waals surface area contributed by atoms with Gasteiger partial charge in [-0.2, -0.15) is 5.26 Å². The highest BCUT2D eigenvalue weighted by atomic mass is 16.5. The number of nitrogens with zero attached hydrogens (tertiary/aromatic N) is 5. The van der Waals surface area contributed by atoms with Gasteiger partial charge in [0.1, 0.15) is 11.8 Å². The number of nitriles is 1. The SMILES string of the molecule is COc1ccc(Cn2nc3cnccn3c2=O)cc1C#N. The Bertz CT molecular complexity index is 904. The highest BCUT2D eigenvalue weighted by Gasteiger charge is 2.09. The number of hydrogen-bond donors (Lipinski definition) is 0. The van der Waals surface area contributed by atoms with Gasteiger partial charge in [-0.05, 0) is 17.7 Å². The fourth-order valence-electron chi connectivity index (χ4n) is 2.10. The predicted molar refractivity (Wildman–Crippen MR) is 74.1 cm³/mol. The number of methoxy groups -OCH3 is 1. The monoisotopic (exact) mass is 281 g/mol. The third kappa shape index (κ3) is 2.23. The largest absolute Gasteiger partial charge is 0.495 e. The molecule has 0 saturated heterocycles. The molecule has 0 bridgehead atoms. The van der Waals surface area contributed by atoms with Crippen LogP contribution < -0.4 is 10.4 Å². The molecule has 3 aromatic rings. The average Bonchev–Trinajstić information content (AvgIpc) is 2.84. The van der Waals surface area contributed by atoms with E-state index in [1.54, 1.807) is 24.4 Å². The van der Waals surface area contributed by atoms with Crippen LogP contribution in [0.3, 0.4) is 0 Å². The van der Waals surface area contributed by atoms with Crippen LogP contribution in [0.5, 0.6) is 5.75 Å². The topological polar surface area (TPSA) is 85.2 Å². The van der Waals surface area contributed by atoms with E-state index < -0.39 is 0 Å². The first-order chi connectivity index (χ1) is 10.2. The second-order valence-corrected chi connectivity index (χ2v) is 4.39. The van der Waals surface area contributed by atoms with Gasteiger partial charge in [0.25, 0.3) is 0 Å². The highest BCUT2D eigenvalue weighted by Crippen LogP contribution is 2.19. The Morgan fingerprint density at radius 1 is 1.43 bits per heavy atom. The summed E-state index contributed by atoms with van der Waals surface area (Å²) in [6, 6.07) is 7.26. The van der Waals surface area contributed by atoms with Crippen molar-refractivity contribution in [1.82, 2.24) is 19.2 Å². The summed E-state index contributed by atoms with van der Waals surface area (Å²) in [5.41, 5.74) is 1.46. The molecule has 2 heterocycles. The van der Waals surface area contributed by atoms with Crippen LogP contribution in [0.25, 0.3) is 5.65 Å². The molecule has 0 N–H and O–H groups in total. The molecule has 0 amide bonds. The lowest BCUT2D eigenvalue weighted by atomic mass is 10.1. The van der Waals surface area contributed by atoms with Gasteiger partial charge in [-0.25, -0.2) is 13.9 Å². The Morgan fingerprint density at radius 3 is 3.00 bits per heavy atom. The van der Waals surface area contributed by atoms with Gasteiger partial charge in [-0.15, -0.1) is 5.10 Å². The maximum absolute atomic E-state index is 12.2. The lowest BCUT2D eigenvalue weighted by Gasteiger charge is -2.05. The van der Waals surface area contributed by atoms with Gasteiger partial charge in [-0.3, -0.25) is 4.98 Å². The van der Waals surface area contributed by atoms with E-state index in [9.17, 15) is 4.79 Å². The van der Waals surface area contributed by atoms with Crippen molar-refractivity contribution in [3.63, 3.8) is 0 Å². The van der Waals surface area contributed by atoms with Crippen LogP contribution in [0, 0.1) is 11.3 Å². The molecular formula is C14H11N5O2. The van der Waals surface area contributed by atoms with Gasteiger partial charge in [-0.1, -0.05) is 6.07 Å². The van der Waals surface area contributed by atoms with Crippen molar-refractivity contribution in [1.29, 1.82) is 5.26 Å². The van der Waals surface area contributed by atoms with Gasteiger partial charge < -0.3 is 4.74 Å². The molecule has 21 heavy (non-hydrogen) atoms. The third-order valence-electron chi connectivity index (χ3n) is 3.11. The number of aromatic nitrogens is 4.